The van der Waals surface area contributed by atoms with Gasteiger partial charge in [0.15, 0.2) is 5.82 Å². The summed E-state index contributed by atoms with van der Waals surface area (Å²) in [6.07, 6.45) is -8.38. The van der Waals surface area contributed by atoms with E-state index < -0.39 is 30.2 Å². The highest BCUT2D eigenvalue weighted by Gasteiger charge is 2.42. The highest BCUT2D eigenvalue weighted by atomic mass is 19.4. The van der Waals surface area contributed by atoms with Gasteiger partial charge in [0.05, 0.1) is 5.69 Å². The molecule has 3 rings (SSSR count). The molecule has 1 atom stereocenters. The molecule has 30 heavy (non-hydrogen) atoms. The lowest BCUT2D eigenvalue weighted by Gasteiger charge is -2.33. The monoisotopic (exact) mass is 432 g/mol. The van der Waals surface area contributed by atoms with E-state index in [1.165, 1.54) is 17.2 Å². The molecular formula is C18H14F6N4O2. The number of alkyl halides is 6. The van der Waals surface area contributed by atoms with Crippen LogP contribution in [0, 0.1) is 0 Å². The molecule has 160 valence electrons. The van der Waals surface area contributed by atoms with Crippen molar-refractivity contribution in [2.75, 3.05) is 16.8 Å². The van der Waals surface area contributed by atoms with Gasteiger partial charge >= 0.3 is 12.5 Å². The largest absolute Gasteiger partial charge is 0.573 e. The Morgan fingerprint density at radius 2 is 1.83 bits per heavy atom. The number of nitrogens with zero attached hydrogens (tertiary/aromatic N) is 2. The Kier molecular flexibility index (Phi) is 5.51. The smallest absolute Gasteiger partial charge is 0.406 e. The van der Waals surface area contributed by atoms with Gasteiger partial charge in [0.2, 0.25) is 5.91 Å². The van der Waals surface area contributed by atoms with Crippen LogP contribution in [0.25, 0.3) is 0 Å². The van der Waals surface area contributed by atoms with Crippen LogP contribution in [-0.2, 0) is 4.79 Å². The van der Waals surface area contributed by atoms with Crippen molar-refractivity contribution in [1.82, 2.24) is 10.3 Å². The fourth-order valence-electron chi connectivity index (χ4n) is 2.80. The number of hydrogen-bond acceptors (Lipinski definition) is 5. The van der Waals surface area contributed by atoms with Gasteiger partial charge in [-0.2, -0.15) is 13.2 Å². The Bertz CT molecular complexity index is 943. The molecule has 1 aromatic carbocycles. The molecule has 1 amide bonds. The van der Waals surface area contributed by atoms with Crippen molar-refractivity contribution in [2.45, 2.75) is 18.6 Å². The van der Waals surface area contributed by atoms with Crippen LogP contribution in [0.1, 0.15) is 11.6 Å². The summed E-state index contributed by atoms with van der Waals surface area (Å²) in [6, 6.07) is 4.03. The number of rotatable bonds is 5. The number of nitrogens with one attached hydrogen (secondary N) is 2. The molecule has 2 N–H and O–H groups in total. The number of amides is 1. The van der Waals surface area contributed by atoms with Crippen LogP contribution in [0.4, 0.5) is 37.8 Å². The van der Waals surface area contributed by atoms with Crippen LogP contribution < -0.4 is 20.3 Å². The summed E-state index contributed by atoms with van der Waals surface area (Å²) in [7, 11) is 0. The lowest BCUT2D eigenvalue weighted by molar-refractivity contribution is -0.274. The highest BCUT2D eigenvalue weighted by molar-refractivity contribution is 6.00. The summed E-state index contributed by atoms with van der Waals surface area (Å²) in [5.74, 6) is -1.19. The summed E-state index contributed by atoms with van der Waals surface area (Å²) in [5, 5.41) is 4.74. The molecular weight excluding hydrogens is 418 g/mol. The SMILES string of the molecule is C=C(NC(c1ccc(OC(F)(F)F)cc1)C(F)(F)F)N1CC(=O)Nc2cccnc21. The first-order valence-electron chi connectivity index (χ1n) is 8.34. The quantitative estimate of drug-likeness (QED) is 0.697. The van der Waals surface area contributed by atoms with Crippen molar-refractivity contribution >= 4 is 17.4 Å². The summed E-state index contributed by atoms with van der Waals surface area (Å²) in [4.78, 5) is 17.1. The fourth-order valence-corrected chi connectivity index (χ4v) is 2.80. The third kappa shape index (κ3) is 4.93. The van der Waals surface area contributed by atoms with Crippen LogP contribution in [0.3, 0.4) is 0 Å². The van der Waals surface area contributed by atoms with Gasteiger partial charge in [-0.3, -0.25) is 4.79 Å². The Morgan fingerprint density at radius 1 is 1.17 bits per heavy atom. The van der Waals surface area contributed by atoms with Crippen molar-refractivity contribution in [2.24, 2.45) is 0 Å². The van der Waals surface area contributed by atoms with Crippen molar-refractivity contribution in [1.29, 1.82) is 0 Å². The molecule has 0 saturated heterocycles. The number of aromatic nitrogens is 1. The van der Waals surface area contributed by atoms with E-state index in [-0.39, 0.29) is 23.7 Å². The molecule has 1 unspecified atom stereocenters. The van der Waals surface area contributed by atoms with Crippen molar-refractivity contribution < 1.29 is 35.9 Å². The van der Waals surface area contributed by atoms with Crippen LogP contribution in [0.5, 0.6) is 5.75 Å². The number of fused-ring (bicyclic) bond motifs is 1. The number of benzene rings is 1. The van der Waals surface area contributed by atoms with Gasteiger partial charge in [-0.25, -0.2) is 4.98 Å². The normalized spacial score (nSPS) is 15.1. The predicted molar refractivity (Wildman–Crippen MR) is 94.4 cm³/mol. The van der Waals surface area contributed by atoms with Crippen molar-refractivity contribution in [3.8, 4) is 5.75 Å². The van der Waals surface area contributed by atoms with Gasteiger partial charge in [-0.05, 0) is 29.8 Å². The number of anilines is 2. The summed E-state index contributed by atoms with van der Waals surface area (Å²) < 4.78 is 81.4. The third-order valence-corrected chi connectivity index (χ3v) is 4.03. The number of halogens is 6. The maximum Gasteiger partial charge on any atom is 0.573 e. The maximum absolute atomic E-state index is 13.6. The molecule has 1 aliphatic heterocycles. The average Bonchev–Trinajstić information content (AvgIpc) is 2.64. The lowest BCUT2D eigenvalue weighted by Crippen LogP contribution is -2.44. The van der Waals surface area contributed by atoms with E-state index >= 15 is 0 Å². The topological polar surface area (TPSA) is 66.5 Å². The van der Waals surface area contributed by atoms with Crippen molar-refractivity contribution in [3.63, 3.8) is 0 Å². The van der Waals surface area contributed by atoms with Gasteiger partial charge in [-0.15, -0.1) is 13.2 Å². The summed E-state index contributed by atoms with van der Waals surface area (Å²) >= 11 is 0. The Hall–Kier alpha value is -3.44. The molecule has 12 heteroatoms. The molecule has 1 aliphatic rings. The van der Waals surface area contributed by atoms with E-state index in [2.05, 4.69) is 26.9 Å². The van der Waals surface area contributed by atoms with Crippen LogP contribution in [0.15, 0.2) is 55.0 Å². The molecule has 2 aromatic rings. The van der Waals surface area contributed by atoms with Gasteiger partial charge in [0.25, 0.3) is 0 Å². The molecule has 0 fully saturated rings. The minimum absolute atomic E-state index is 0.199. The molecule has 0 radical (unpaired) electrons. The standard InChI is InChI=1S/C18H14F6N4O2/c1-10(28-9-14(29)27-13-3-2-8-25-16(13)28)26-15(17(19,20)21)11-4-6-12(7-5-11)30-18(22,23)24/h2-8,15,26H,1,9H2,(H,27,29). The minimum atomic E-state index is -4.97. The molecule has 0 spiro atoms. The van der Waals surface area contributed by atoms with E-state index in [0.29, 0.717) is 5.69 Å². The van der Waals surface area contributed by atoms with Crippen LogP contribution >= 0.6 is 0 Å². The Labute approximate surface area is 166 Å². The first-order valence-corrected chi connectivity index (χ1v) is 8.34. The lowest BCUT2D eigenvalue weighted by atomic mass is 10.1. The summed E-state index contributed by atoms with van der Waals surface area (Å²) in [5.41, 5.74) is -0.0743. The second-order valence-corrected chi connectivity index (χ2v) is 6.19. The predicted octanol–water partition coefficient (Wildman–Crippen LogP) is 4.10. The number of ether oxygens (including phenoxy) is 1. The van der Waals surface area contributed by atoms with E-state index in [4.69, 9.17) is 0 Å². The summed E-state index contributed by atoms with van der Waals surface area (Å²) in [6.45, 7) is 3.26. The Balaban J connectivity index is 1.84. The van der Waals surface area contributed by atoms with Gasteiger partial charge in [0.1, 0.15) is 24.2 Å². The number of pyridine rings is 1. The number of carbonyl (C=O) groups excluding carboxylic acids is 1. The molecule has 6 nitrogen and oxygen atoms in total. The average molecular weight is 432 g/mol. The second-order valence-electron chi connectivity index (χ2n) is 6.19. The second kappa shape index (κ2) is 7.76. The highest BCUT2D eigenvalue weighted by Crippen LogP contribution is 2.36. The fraction of sp³-hybridized carbons (Fsp3) is 0.222. The van der Waals surface area contributed by atoms with Gasteiger partial charge < -0.3 is 20.3 Å². The van der Waals surface area contributed by atoms with Crippen LogP contribution in [0.2, 0.25) is 0 Å². The van der Waals surface area contributed by atoms with E-state index in [0.717, 1.165) is 24.3 Å². The van der Waals surface area contributed by atoms with Crippen LogP contribution in [-0.4, -0.2) is 30.0 Å². The third-order valence-electron chi connectivity index (χ3n) is 4.03. The number of hydrogen-bond donors (Lipinski definition) is 2. The molecule has 0 bridgehead atoms. The van der Waals surface area contributed by atoms with E-state index in [1.807, 2.05) is 0 Å². The molecule has 1 aromatic heterocycles. The first kappa shape index (κ1) is 21.3. The zero-order valence-electron chi connectivity index (χ0n) is 15.0. The minimum Gasteiger partial charge on any atom is -0.406 e. The van der Waals surface area contributed by atoms with E-state index in [1.54, 1.807) is 6.07 Å². The number of carbonyl (C=O) groups is 1. The van der Waals surface area contributed by atoms with Crippen molar-refractivity contribution in [3.05, 3.63) is 60.6 Å². The molecule has 2 heterocycles. The molecule has 0 saturated carbocycles. The van der Waals surface area contributed by atoms with Gasteiger partial charge in [0, 0.05) is 6.20 Å². The molecule has 0 aliphatic carbocycles. The maximum atomic E-state index is 13.6. The zero-order valence-corrected chi connectivity index (χ0v) is 15.0. The van der Waals surface area contributed by atoms with E-state index in [9.17, 15) is 31.1 Å². The Morgan fingerprint density at radius 3 is 2.43 bits per heavy atom. The van der Waals surface area contributed by atoms with Gasteiger partial charge in [-0.1, -0.05) is 18.7 Å². The zero-order chi connectivity index (χ0) is 22.1. The first-order chi connectivity index (χ1) is 13.9.